The summed E-state index contributed by atoms with van der Waals surface area (Å²) in [5.74, 6) is -2.99. The number of nitrogen functional groups attached to an aromatic ring is 1. The Bertz CT molecular complexity index is 510. The topological polar surface area (TPSA) is 74.9 Å². The van der Waals surface area contributed by atoms with Gasteiger partial charge in [-0.2, -0.15) is 9.49 Å². The zero-order valence-corrected chi connectivity index (χ0v) is 7.46. The molecule has 0 amide bonds. The van der Waals surface area contributed by atoms with Gasteiger partial charge in [0, 0.05) is 11.6 Å². The minimum Gasteiger partial charge on any atom is -0.505 e. The van der Waals surface area contributed by atoms with E-state index in [4.69, 9.17) is 10.8 Å². The third-order valence-electron chi connectivity index (χ3n) is 1.95. The summed E-state index contributed by atoms with van der Waals surface area (Å²) in [6.45, 7) is 0. The normalized spacial score (nSPS) is 10.5. The molecule has 0 aliphatic heterocycles. The molecule has 0 spiro atoms. The molecule has 0 unspecified atom stereocenters. The summed E-state index contributed by atoms with van der Waals surface area (Å²) in [5.41, 5.74) is 5.55. The molecule has 0 fully saturated rings. The molecule has 1 aromatic heterocycles. The molecule has 1 heterocycles. The van der Waals surface area contributed by atoms with Crippen LogP contribution in [0.15, 0.2) is 18.2 Å². The number of nitrogens with one attached hydrogen (secondary N) is 1. The number of phenolic OH excluding ortho intramolecular Hbond substituents is 1. The molecule has 15 heavy (non-hydrogen) atoms. The van der Waals surface area contributed by atoms with Gasteiger partial charge < -0.3 is 10.8 Å². The zero-order chi connectivity index (χ0) is 11.0. The number of aromatic amines is 1. The first-order valence-corrected chi connectivity index (χ1v) is 4.08. The van der Waals surface area contributed by atoms with Gasteiger partial charge in [-0.05, 0) is 12.1 Å². The smallest absolute Gasteiger partial charge is 0.201 e. The number of hydrogen-bond acceptors (Lipinski definition) is 3. The number of hydrogen-bond donors (Lipinski definition) is 3. The first kappa shape index (κ1) is 9.45. The molecule has 0 saturated heterocycles. The van der Waals surface area contributed by atoms with Crippen molar-refractivity contribution in [3.8, 4) is 17.0 Å². The maximum Gasteiger partial charge on any atom is 0.201 e. The van der Waals surface area contributed by atoms with E-state index in [2.05, 4.69) is 10.2 Å². The number of H-pyrrole nitrogens is 1. The molecule has 0 aliphatic rings. The first-order valence-electron chi connectivity index (χ1n) is 4.08. The summed E-state index contributed by atoms with van der Waals surface area (Å²) in [4.78, 5) is 0. The van der Waals surface area contributed by atoms with Gasteiger partial charge in [-0.3, -0.25) is 5.10 Å². The van der Waals surface area contributed by atoms with Gasteiger partial charge in [0.15, 0.2) is 11.6 Å². The van der Waals surface area contributed by atoms with Gasteiger partial charge in [0.05, 0.1) is 5.69 Å². The Morgan fingerprint density at radius 2 is 2.00 bits per heavy atom. The largest absolute Gasteiger partial charge is 0.505 e. The van der Waals surface area contributed by atoms with Gasteiger partial charge in [-0.1, -0.05) is 0 Å². The fourth-order valence-electron chi connectivity index (χ4n) is 1.22. The van der Waals surface area contributed by atoms with E-state index in [1.54, 1.807) is 0 Å². The SMILES string of the molecule is Nc1cc(-c2ccc(O)c(F)c2F)[nH]n1. The van der Waals surface area contributed by atoms with Crippen LogP contribution >= 0.6 is 0 Å². The molecule has 2 rings (SSSR count). The summed E-state index contributed by atoms with van der Waals surface area (Å²) in [6, 6.07) is 3.67. The lowest BCUT2D eigenvalue weighted by Gasteiger charge is -2.02. The lowest BCUT2D eigenvalue weighted by Crippen LogP contribution is -1.90. The Kier molecular flexibility index (Phi) is 2.03. The number of aromatic hydroxyl groups is 1. The first-order chi connectivity index (χ1) is 7.09. The average molecular weight is 211 g/mol. The number of halogens is 2. The van der Waals surface area contributed by atoms with Crippen LogP contribution in [0.4, 0.5) is 14.6 Å². The second-order valence-electron chi connectivity index (χ2n) is 2.97. The average Bonchev–Trinajstić information content (AvgIpc) is 2.61. The van der Waals surface area contributed by atoms with Gasteiger partial charge in [0.25, 0.3) is 0 Å². The zero-order valence-electron chi connectivity index (χ0n) is 7.46. The highest BCUT2D eigenvalue weighted by atomic mass is 19.2. The van der Waals surface area contributed by atoms with Crippen molar-refractivity contribution in [2.45, 2.75) is 0 Å². The number of benzene rings is 1. The Morgan fingerprint density at radius 3 is 2.60 bits per heavy atom. The Balaban J connectivity index is 2.59. The second-order valence-corrected chi connectivity index (χ2v) is 2.97. The van der Waals surface area contributed by atoms with Gasteiger partial charge in [-0.25, -0.2) is 4.39 Å². The third kappa shape index (κ3) is 1.50. The van der Waals surface area contributed by atoms with E-state index in [1.807, 2.05) is 0 Å². The minimum atomic E-state index is -1.29. The number of nitrogens with two attached hydrogens (primary N) is 1. The maximum absolute atomic E-state index is 13.3. The van der Waals surface area contributed by atoms with Crippen LogP contribution in [-0.4, -0.2) is 15.3 Å². The molecule has 0 aliphatic carbocycles. The molecule has 6 heteroatoms. The second kappa shape index (κ2) is 3.23. The predicted octanol–water partition coefficient (Wildman–Crippen LogP) is 1.64. The summed E-state index contributed by atoms with van der Waals surface area (Å²) in [5, 5.41) is 14.9. The number of phenols is 1. The van der Waals surface area contributed by atoms with Crippen LogP contribution in [0.3, 0.4) is 0 Å². The fraction of sp³-hybridized carbons (Fsp3) is 0. The van der Waals surface area contributed by atoms with Crippen molar-refractivity contribution in [2.75, 3.05) is 5.73 Å². The Morgan fingerprint density at radius 1 is 1.27 bits per heavy atom. The number of aromatic nitrogens is 2. The molecule has 0 atom stereocenters. The minimum absolute atomic E-state index is 0.0329. The molecule has 4 N–H and O–H groups in total. The lowest BCUT2D eigenvalue weighted by molar-refractivity contribution is 0.408. The summed E-state index contributed by atoms with van der Waals surface area (Å²) < 4.78 is 26.3. The van der Waals surface area contributed by atoms with E-state index in [-0.39, 0.29) is 17.1 Å². The highest BCUT2D eigenvalue weighted by molar-refractivity contribution is 5.63. The highest BCUT2D eigenvalue weighted by Crippen LogP contribution is 2.28. The van der Waals surface area contributed by atoms with Crippen molar-refractivity contribution in [2.24, 2.45) is 0 Å². The molecule has 0 bridgehead atoms. The van der Waals surface area contributed by atoms with Crippen molar-refractivity contribution in [3.05, 3.63) is 29.8 Å². The standard InChI is InChI=1S/C9H7F2N3O/c10-8-4(1-2-6(15)9(8)11)5-3-7(12)14-13-5/h1-3,15H,(H3,12,13,14). The Hall–Kier alpha value is -2.11. The lowest BCUT2D eigenvalue weighted by atomic mass is 10.1. The molecule has 1 aromatic carbocycles. The predicted molar refractivity (Wildman–Crippen MR) is 50.0 cm³/mol. The summed E-state index contributed by atoms with van der Waals surface area (Å²) in [6.07, 6.45) is 0. The monoisotopic (exact) mass is 211 g/mol. The number of nitrogens with zero attached hydrogens (tertiary/aromatic N) is 1. The van der Waals surface area contributed by atoms with Crippen LogP contribution in [-0.2, 0) is 0 Å². The molecule has 4 nitrogen and oxygen atoms in total. The van der Waals surface area contributed by atoms with E-state index in [0.717, 1.165) is 6.07 Å². The van der Waals surface area contributed by atoms with Crippen molar-refractivity contribution >= 4 is 5.82 Å². The van der Waals surface area contributed by atoms with Crippen LogP contribution < -0.4 is 5.73 Å². The van der Waals surface area contributed by atoms with Crippen molar-refractivity contribution in [3.63, 3.8) is 0 Å². The van der Waals surface area contributed by atoms with Gasteiger partial charge in [-0.15, -0.1) is 0 Å². The van der Waals surface area contributed by atoms with Gasteiger partial charge >= 0.3 is 0 Å². The summed E-state index contributed by atoms with van der Waals surface area (Å²) in [7, 11) is 0. The van der Waals surface area contributed by atoms with E-state index >= 15 is 0 Å². The van der Waals surface area contributed by atoms with E-state index in [1.165, 1.54) is 12.1 Å². The van der Waals surface area contributed by atoms with E-state index in [0.29, 0.717) is 0 Å². The highest BCUT2D eigenvalue weighted by Gasteiger charge is 2.15. The van der Waals surface area contributed by atoms with Crippen molar-refractivity contribution < 1.29 is 13.9 Å². The van der Waals surface area contributed by atoms with Crippen LogP contribution in [0.5, 0.6) is 5.75 Å². The van der Waals surface area contributed by atoms with Crippen molar-refractivity contribution in [1.29, 1.82) is 0 Å². The molecular weight excluding hydrogens is 204 g/mol. The van der Waals surface area contributed by atoms with Gasteiger partial charge in [0.2, 0.25) is 5.82 Å². The van der Waals surface area contributed by atoms with Crippen LogP contribution in [0, 0.1) is 11.6 Å². The molecule has 2 aromatic rings. The number of anilines is 1. The maximum atomic E-state index is 13.3. The third-order valence-corrected chi connectivity index (χ3v) is 1.95. The van der Waals surface area contributed by atoms with Gasteiger partial charge in [0.1, 0.15) is 5.82 Å². The molecule has 0 saturated carbocycles. The van der Waals surface area contributed by atoms with E-state index in [9.17, 15) is 8.78 Å². The van der Waals surface area contributed by atoms with Crippen LogP contribution in [0.25, 0.3) is 11.3 Å². The molecule has 78 valence electrons. The van der Waals surface area contributed by atoms with Crippen LogP contribution in [0.2, 0.25) is 0 Å². The number of rotatable bonds is 1. The Labute approximate surface area is 83.4 Å². The molecule has 0 radical (unpaired) electrons. The summed E-state index contributed by atoms with van der Waals surface area (Å²) >= 11 is 0. The molecular formula is C9H7F2N3O. The van der Waals surface area contributed by atoms with Crippen LogP contribution in [0.1, 0.15) is 0 Å². The van der Waals surface area contributed by atoms with E-state index < -0.39 is 17.4 Å². The quantitative estimate of drug-likeness (QED) is 0.671. The fourth-order valence-corrected chi connectivity index (χ4v) is 1.22. The van der Waals surface area contributed by atoms with Crippen molar-refractivity contribution in [1.82, 2.24) is 10.2 Å².